The van der Waals surface area contributed by atoms with Crippen LogP contribution in [0.25, 0.3) is 11.2 Å². The number of imidazole rings is 1. The SMILES string of the molecule is Nc1ncnc2c1ncn2C/C=C1/CC1P(=O)(O)O. The van der Waals surface area contributed by atoms with Crippen molar-refractivity contribution in [3.8, 4) is 0 Å². The molecule has 19 heavy (non-hydrogen) atoms. The summed E-state index contributed by atoms with van der Waals surface area (Å²) in [5.74, 6) is 0.316. The van der Waals surface area contributed by atoms with Gasteiger partial charge in [0, 0.05) is 6.54 Å². The number of nitrogens with zero attached hydrogens (tertiary/aromatic N) is 4. The van der Waals surface area contributed by atoms with E-state index in [0.717, 1.165) is 5.57 Å². The third kappa shape index (κ3) is 2.25. The van der Waals surface area contributed by atoms with Gasteiger partial charge in [-0.3, -0.25) is 4.57 Å². The van der Waals surface area contributed by atoms with Crippen LogP contribution in [0.2, 0.25) is 0 Å². The summed E-state index contributed by atoms with van der Waals surface area (Å²) in [6.07, 6.45) is 5.19. The van der Waals surface area contributed by atoms with Crippen LogP contribution in [-0.2, 0) is 11.1 Å². The zero-order valence-corrected chi connectivity index (χ0v) is 10.7. The first-order valence-electron chi connectivity index (χ1n) is 5.62. The molecule has 1 unspecified atom stereocenters. The molecule has 1 fully saturated rings. The van der Waals surface area contributed by atoms with Gasteiger partial charge in [-0.2, -0.15) is 0 Å². The number of nitrogens with two attached hydrogens (primary N) is 1. The van der Waals surface area contributed by atoms with E-state index < -0.39 is 13.3 Å². The second-order valence-electron chi connectivity index (χ2n) is 4.42. The molecule has 0 saturated heterocycles. The van der Waals surface area contributed by atoms with Gasteiger partial charge < -0.3 is 20.1 Å². The third-order valence-corrected chi connectivity index (χ3v) is 4.41. The van der Waals surface area contributed by atoms with E-state index in [0.29, 0.717) is 29.9 Å². The lowest BCUT2D eigenvalue weighted by molar-refractivity contribution is 0.372. The molecule has 2 aromatic heterocycles. The summed E-state index contributed by atoms with van der Waals surface area (Å²) in [7, 11) is -3.98. The molecule has 0 amide bonds. The minimum absolute atomic E-state index is 0.316. The minimum atomic E-state index is -3.98. The van der Waals surface area contributed by atoms with E-state index in [1.807, 2.05) is 0 Å². The predicted octanol–water partition coefficient (Wildman–Crippen LogP) is 0.285. The van der Waals surface area contributed by atoms with Crippen LogP contribution in [0.3, 0.4) is 0 Å². The largest absolute Gasteiger partial charge is 0.382 e. The zero-order chi connectivity index (χ0) is 13.6. The maximum absolute atomic E-state index is 11.0. The van der Waals surface area contributed by atoms with E-state index in [2.05, 4.69) is 15.0 Å². The van der Waals surface area contributed by atoms with E-state index in [9.17, 15) is 4.57 Å². The van der Waals surface area contributed by atoms with Crippen LogP contribution in [-0.4, -0.2) is 35.0 Å². The van der Waals surface area contributed by atoms with E-state index >= 15 is 0 Å². The maximum atomic E-state index is 11.0. The van der Waals surface area contributed by atoms with Gasteiger partial charge >= 0.3 is 7.60 Å². The summed E-state index contributed by atoms with van der Waals surface area (Å²) >= 11 is 0. The first-order chi connectivity index (χ1) is 8.97. The average Bonchev–Trinajstić information content (AvgIpc) is 3.01. The first kappa shape index (κ1) is 12.3. The van der Waals surface area contributed by atoms with Gasteiger partial charge in [-0.1, -0.05) is 11.6 Å². The fourth-order valence-electron chi connectivity index (χ4n) is 1.97. The van der Waals surface area contributed by atoms with E-state index in [-0.39, 0.29) is 0 Å². The summed E-state index contributed by atoms with van der Waals surface area (Å²) in [6.45, 7) is 0.457. The van der Waals surface area contributed by atoms with Crippen molar-refractivity contribution in [1.29, 1.82) is 0 Å². The van der Waals surface area contributed by atoms with Crippen molar-refractivity contribution >= 4 is 24.6 Å². The van der Waals surface area contributed by atoms with Gasteiger partial charge in [0.2, 0.25) is 0 Å². The van der Waals surface area contributed by atoms with E-state index in [1.165, 1.54) is 6.33 Å². The van der Waals surface area contributed by atoms with Gasteiger partial charge in [-0.25, -0.2) is 15.0 Å². The second kappa shape index (κ2) is 4.12. The molecule has 3 rings (SSSR count). The number of allylic oxidation sites excluding steroid dienone is 2. The van der Waals surface area contributed by atoms with Crippen LogP contribution in [0, 0.1) is 0 Å². The third-order valence-electron chi connectivity index (χ3n) is 3.08. The van der Waals surface area contributed by atoms with E-state index in [4.69, 9.17) is 15.5 Å². The van der Waals surface area contributed by atoms with Crippen LogP contribution in [0.15, 0.2) is 24.3 Å². The molecular weight excluding hydrogens is 269 g/mol. The predicted molar refractivity (Wildman–Crippen MR) is 68.3 cm³/mol. The van der Waals surface area contributed by atoms with Crippen molar-refractivity contribution in [2.75, 3.05) is 5.73 Å². The van der Waals surface area contributed by atoms with Gasteiger partial charge in [0.05, 0.1) is 12.0 Å². The van der Waals surface area contributed by atoms with E-state index in [1.54, 1.807) is 17.0 Å². The van der Waals surface area contributed by atoms with Gasteiger partial charge in [-0.05, 0) is 6.42 Å². The number of hydrogen-bond acceptors (Lipinski definition) is 5. The van der Waals surface area contributed by atoms with Crippen LogP contribution in [0.1, 0.15) is 6.42 Å². The van der Waals surface area contributed by atoms with Crippen molar-refractivity contribution < 1.29 is 14.4 Å². The molecule has 100 valence electrons. The van der Waals surface area contributed by atoms with Gasteiger partial charge in [-0.15, -0.1) is 0 Å². The lowest BCUT2D eigenvalue weighted by Gasteiger charge is -1.99. The number of rotatable bonds is 3. The van der Waals surface area contributed by atoms with Crippen molar-refractivity contribution in [2.24, 2.45) is 0 Å². The molecule has 0 aliphatic heterocycles. The normalized spacial score (nSPS) is 21.2. The summed E-state index contributed by atoms with van der Waals surface area (Å²) in [5.41, 5.74) is 6.98. The van der Waals surface area contributed by atoms with Crippen molar-refractivity contribution in [1.82, 2.24) is 19.5 Å². The van der Waals surface area contributed by atoms with Gasteiger partial charge in [0.1, 0.15) is 11.8 Å². The fraction of sp³-hybridized carbons (Fsp3) is 0.300. The number of hydrogen-bond donors (Lipinski definition) is 3. The minimum Gasteiger partial charge on any atom is -0.382 e. The highest BCUT2D eigenvalue weighted by Gasteiger charge is 2.43. The smallest absolute Gasteiger partial charge is 0.332 e. The number of fused-ring (bicyclic) bond motifs is 1. The molecule has 0 radical (unpaired) electrons. The molecule has 0 aromatic carbocycles. The van der Waals surface area contributed by atoms with Crippen LogP contribution >= 0.6 is 7.60 Å². The lowest BCUT2D eigenvalue weighted by atomic mass is 10.4. The molecule has 4 N–H and O–H groups in total. The summed E-state index contributed by atoms with van der Waals surface area (Å²) in [6, 6.07) is 0. The van der Waals surface area contributed by atoms with Gasteiger partial charge in [0.25, 0.3) is 0 Å². The maximum Gasteiger partial charge on any atom is 0.332 e. The van der Waals surface area contributed by atoms with Crippen molar-refractivity contribution in [3.05, 3.63) is 24.3 Å². The van der Waals surface area contributed by atoms with Crippen molar-refractivity contribution in [3.63, 3.8) is 0 Å². The molecular formula is C10H12N5O3P. The standard InChI is InChI=1S/C10H12N5O3P/c11-9-8-10(13-4-12-9)15(5-14-8)2-1-6-3-7(6)19(16,17)18/h1,4-5,7H,2-3H2,(H2,11,12,13)(H2,16,17,18)/b6-1-. The Bertz CT molecular complexity index is 719. The number of aromatic nitrogens is 4. The second-order valence-corrected chi connectivity index (χ2v) is 6.22. The Kier molecular flexibility index (Phi) is 2.67. The molecule has 1 aliphatic carbocycles. The Balaban J connectivity index is 1.83. The number of nitrogen functional groups attached to an aromatic ring is 1. The molecule has 2 aromatic rings. The number of anilines is 1. The van der Waals surface area contributed by atoms with Crippen LogP contribution < -0.4 is 5.73 Å². The Labute approximate surface area is 108 Å². The Morgan fingerprint density at radius 2 is 2.26 bits per heavy atom. The molecule has 8 nitrogen and oxygen atoms in total. The topological polar surface area (TPSA) is 127 Å². The first-order valence-corrected chi connectivity index (χ1v) is 7.30. The summed E-state index contributed by atoms with van der Waals surface area (Å²) in [4.78, 5) is 30.1. The summed E-state index contributed by atoms with van der Waals surface area (Å²) in [5, 5.41) is 0. The molecule has 2 heterocycles. The molecule has 1 aliphatic rings. The average molecular weight is 281 g/mol. The molecule has 1 atom stereocenters. The Hall–Kier alpha value is -1.76. The zero-order valence-electron chi connectivity index (χ0n) is 9.84. The molecule has 9 heteroatoms. The monoisotopic (exact) mass is 281 g/mol. The molecule has 0 bridgehead atoms. The summed E-state index contributed by atoms with van der Waals surface area (Å²) < 4.78 is 12.8. The highest BCUT2D eigenvalue weighted by molar-refractivity contribution is 7.53. The highest BCUT2D eigenvalue weighted by Crippen LogP contribution is 2.57. The Morgan fingerprint density at radius 3 is 2.95 bits per heavy atom. The Morgan fingerprint density at radius 1 is 1.47 bits per heavy atom. The van der Waals surface area contributed by atoms with Crippen LogP contribution in [0.5, 0.6) is 0 Å². The van der Waals surface area contributed by atoms with Crippen LogP contribution in [0.4, 0.5) is 5.82 Å². The fourth-order valence-corrected chi connectivity index (χ4v) is 2.95. The quantitative estimate of drug-likeness (QED) is 0.544. The van der Waals surface area contributed by atoms with Crippen molar-refractivity contribution in [2.45, 2.75) is 18.6 Å². The molecule has 0 spiro atoms. The lowest BCUT2D eigenvalue weighted by Crippen LogP contribution is -1.97. The van der Waals surface area contributed by atoms with Gasteiger partial charge in [0.15, 0.2) is 11.5 Å². The molecule has 1 saturated carbocycles. The highest BCUT2D eigenvalue weighted by atomic mass is 31.2.